The summed E-state index contributed by atoms with van der Waals surface area (Å²) in [6, 6.07) is 3.92. The van der Waals surface area contributed by atoms with E-state index in [0.29, 0.717) is 16.8 Å². The van der Waals surface area contributed by atoms with E-state index in [2.05, 4.69) is 31.2 Å². The number of carbonyl (C=O) groups excluding carboxylic acids is 1. The van der Waals surface area contributed by atoms with Crippen LogP contribution in [0.2, 0.25) is 0 Å². The van der Waals surface area contributed by atoms with Crippen molar-refractivity contribution in [2.75, 3.05) is 5.32 Å². The number of amides is 1. The summed E-state index contributed by atoms with van der Waals surface area (Å²) in [4.78, 5) is 20.2. The highest BCUT2D eigenvalue weighted by Gasteiger charge is 2.26. The summed E-state index contributed by atoms with van der Waals surface area (Å²) >= 11 is 3.39. The zero-order chi connectivity index (χ0) is 12.0. The Kier molecular flexibility index (Phi) is 2.36. The third-order valence-electron chi connectivity index (χ3n) is 3.00. The zero-order valence-corrected chi connectivity index (χ0v) is 10.8. The minimum Gasteiger partial charge on any atom is -0.310 e. The number of hydrogen-bond donors (Lipinski definition) is 1. The molecule has 0 bridgehead atoms. The molecule has 4 nitrogen and oxygen atoms in total. The van der Waals surface area contributed by atoms with E-state index >= 15 is 0 Å². The van der Waals surface area contributed by atoms with Crippen molar-refractivity contribution < 1.29 is 4.79 Å². The van der Waals surface area contributed by atoms with Crippen LogP contribution in [0.15, 0.2) is 22.9 Å². The third kappa shape index (κ3) is 1.61. The molecule has 2 aromatic heterocycles. The van der Waals surface area contributed by atoms with Crippen LogP contribution in [-0.2, 0) is 4.79 Å². The van der Waals surface area contributed by atoms with Gasteiger partial charge in [-0.1, -0.05) is 13.0 Å². The predicted octanol–water partition coefficient (Wildman–Crippen LogP) is 2.84. The number of anilines is 1. The van der Waals surface area contributed by atoms with Crippen molar-refractivity contribution in [3.8, 4) is 0 Å². The minimum absolute atomic E-state index is 0.0210. The van der Waals surface area contributed by atoms with Crippen LogP contribution in [0.4, 0.5) is 5.82 Å². The fourth-order valence-corrected chi connectivity index (χ4v) is 2.78. The Morgan fingerprint density at radius 3 is 3.18 bits per heavy atom. The van der Waals surface area contributed by atoms with E-state index in [1.807, 2.05) is 19.1 Å². The quantitative estimate of drug-likeness (QED) is 0.760. The van der Waals surface area contributed by atoms with Crippen molar-refractivity contribution in [2.24, 2.45) is 0 Å². The van der Waals surface area contributed by atoms with E-state index in [9.17, 15) is 4.79 Å². The second-order valence-corrected chi connectivity index (χ2v) is 4.97. The Labute approximate surface area is 107 Å². The fourth-order valence-electron chi connectivity index (χ4n) is 2.28. The van der Waals surface area contributed by atoms with Crippen molar-refractivity contribution in [1.29, 1.82) is 0 Å². The van der Waals surface area contributed by atoms with Crippen molar-refractivity contribution in [3.63, 3.8) is 0 Å². The molecule has 0 saturated heterocycles. The van der Waals surface area contributed by atoms with E-state index in [-0.39, 0.29) is 11.8 Å². The van der Waals surface area contributed by atoms with Crippen molar-refractivity contribution in [1.82, 2.24) is 9.97 Å². The van der Waals surface area contributed by atoms with Crippen LogP contribution >= 0.6 is 15.9 Å². The van der Waals surface area contributed by atoms with E-state index in [1.165, 1.54) is 0 Å². The number of fused-ring (bicyclic) bond motifs is 3. The summed E-state index contributed by atoms with van der Waals surface area (Å²) in [5.74, 6) is 0.847. The van der Waals surface area contributed by atoms with Gasteiger partial charge in [-0.3, -0.25) is 9.78 Å². The molecule has 1 N–H and O–H groups in total. The SMILES string of the molecule is CC1CC(=O)Nc2nc(Br)c3ncccc3c21. The van der Waals surface area contributed by atoms with Gasteiger partial charge in [0.05, 0.1) is 0 Å². The predicted molar refractivity (Wildman–Crippen MR) is 68.9 cm³/mol. The molecule has 0 aromatic carbocycles. The number of nitrogens with one attached hydrogen (secondary N) is 1. The van der Waals surface area contributed by atoms with Crippen LogP contribution in [0.25, 0.3) is 10.9 Å². The van der Waals surface area contributed by atoms with Crippen LogP contribution in [0, 0.1) is 0 Å². The van der Waals surface area contributed by atoms with E-state index in [0.717, 1.165) is 16.5 Å². The molecular weight excluding hydrogens is 282 g/mol. The molecule has 1 aliphatic rings. The van der Waals surface area contributed by atoms with E-state index < -0.39 is 0 Å². The Morgan fingerprint density at radius 1 is 1.53 bits per heavy atom. The molecule has 17 heavy (non-hydrogen) atoms. The van der Waals surface area contributed by atoms with Crippen LogP contribution < -0.4 is 5.32 Å². The van der Waals surface area contributed by atoms with E-state index in [1.54, 1.807) is 6.20 Å². The van der Waals surface area contributed by atoms with Gasteiger partial charge in [-0.15, -0.1) is 0 Å². The largest absolute Gasteiger partial charge is 0.310 e. The molecule has 3 heterocycles. The van der Waals surface area contributed by atoms with Crippen LogP contribution in [0.5, 0.6) is 0 Å². The highest BCUT2D eigenvalue weighted by atomic mass is 79.9. The van der Waals surface area contributed by atoms with E-state index in [4.69, 9.17) is 0 Å². The maximum atomic E-state index is 11.5. The molecule has 1 amide bonds. The first-order valence-electron chi connectivity index (χ1n) is 5.41. The molecule has 0 fully saturated rings. The number of hydrogen-bond acceptors (Lipinski definition) is 3. The van der Waals surface area contributed by atoms with Crippen LogP contribution in [0.3, 0.4) is 0 Å². The molecule has 0 saturated carbocycles. The number of halogens is 1. The van der Waals surface area contributed by atoms with Gasteiger partial charge in [0, 0.05) is 23.6 Å². The maximum Gasteiger partial charge on any atom is 0.226 e. The lowest BCUT2D eigenvalue weighted by Gasteiger charge is -2.23. The molecule has 0 radical (unpaired) electrons. The molecule has 1 atom stereocenters. The standard InChI is InChI=1S/C12H10BrN3O/c1-6-5-8(17)15-12-9(6)7-3-2-4-14-10(7)11(13)16-12/h2-4,6H,5H2,1H3,(H,15,16,17). The Bertz CT molecular complexity index is 626. The van der Waals surface area contributed by atoms with Gasteiger partial charge in [-0.2, -0.15) is 0 Å². The number of rotatable bonds is 0. The first-order valence-corrected chi connectivity index (χ1v) is 6.20. The number of nitrogens with zero attached hydrogens (tertiary/aromatic N) is 2. The van der Waals surface area contributed by atoms with Gasteiger partial charge in [0.15, 0.2) is 0 Å². The lowest BCUT2D eigenvalue weighted by atomic mass is 9.92. The summed E-state index contributed by atoms with van der Waals surface area (Å²) in [6.07, 6.45) is 2.24. The second kappa shape index (κ2) is 3.77. The van der Waals surface area contributed by atoms with Gasteiger partial charge in [-0.25, -0.2) is 4.98 Å². The highest BCUT2D eigenvalue weighted by molar-refractivity contribution is 9.10. The second-order valence-electron chi connectivity index (χ2n) is 4.22. The summed E-state index contributed by atoms with van der Waals surface area (Å²) < 4.78 is 0.668. The van der Waals surface area contributed by atoms with Gasteiger partial charge in [0.1, 0.15) is 15.9 Å². The Hall–Kier alpha value is -1.49. The third-order valence-corrected chi connectivity index (χ3v) is 3.55. The molecule has 0 spiro atoms. The molecule has 1 unspecified atom stereocenters. The first-order chi connectivity index (χ1) is 8.16. The lowest BCUT2D eigenvalue weighted by Crippen LogP contribution is -2.23. The average molecular weight is 292 g/mol. The molecular formula is C12H10BrN3O. The van der Waals surface area contributed by atoms with Gasteiger partial charge in [0.25, 0.3) is 0 Å². The smallest absolute Gasteiger partial charge is 0.226 e. The molecule has 0 aliphatic carbocycles. The summed E-state index contributed by atoms with van der Waals surface area (Å²) in [5, 5.41) is 3.87. The number of carbonyl (C=O) groups is 1. The van der Waals surface area contributed by atoms with Crippen LogP contribution in [0.1, 0.15) is 24.8 Å². The molecule has 2 aromatic rings. The number of aromatic nitrogens is 2. The molecule has 3 rings (SSSR count). The van der Waals surface area contributed by atoms with Gasteiger partial charge < -0.3 is 5.32 Å². The summed E-state index contributed by atoms with van der Waals surface area (Å²) in [6.45, 7) is 2.04. The van der Waals surface area contributed by atoms with Gasteiger partial charge in [0.2, 0.25) is 5.91 Å². The highest BCUT2D eigenvalue weighted by Crippen LogP contribution is 2.37. The minimum atomic E-state index is 0.0210. The molecule has 5 heteroatoms. The zero-order valence-electron chi connectivity index (χ0n) is 9.20. The monoisotopic (exact) mass is 291 g/mol. The Morgan fingerprint density at radius 2 is 2.35 bits per heavy atom. The summed E-state index contributed by atoms with van der Waals surface area (Å²) in [7, 11) is 0. The topological polar surface area (TPSA) is 54.9 Å². The molecule has 1 aliphatic heterocycles. The Balaban J connectivity index is 2.38. The normalized spacial score (nSPS) is 18.9. The van der Waals surface area contributed by atoms with Crippen molar-refractivity contribution >= 4 is 38.6 Å². The fraction of sp³-hybridized carbons (Fsp3) is 0.250. The average Bonchev–Trinajstić information content (AvgIpc) is 2.28. The first kappa shape index (κ1) is 10.7. The van der Waals surface area contributed by atoms with Crippen molar-refractivity contribution in [3.05, 3.63) is 28.5 Å². The summed E-state index contributed by atoms with van der Waals surface area (Å²) in [5.41, 5.74) is 1.92. The van der Waals surface area contributed by atoms with Gasteiger partial charge in [-0.05, 0) is 27.9 Å². The molecule has 86 valence electrons. The van der Waals surface area contributed by atoms with Crippen LogP contribution in [-0.4, -0.2) is 15.9 Å². The number of pyridine rings is 2. The van der Waals surface area contributed by atoms with Crippen molar-refractivity contribution in [2.45, 2.75) is 19.3 Å². The van der Waals surface area contributed by atoms with Gasteiger partial charge >= 0.3 is 0 Å². The lowest BCUT2D eigenvalue weighted by molar-refractivity contribution is -0.116. The maximum absolute atomic E-state index is 11.5.